The van der Waals surface area contributed by atoms with Crippen molar-refractivity contribution in [2.75, 3.05) is 0 Å². The Hall–Kier alpha value is -1.61. The van der Waals surface area contributed by atoms with Gasteiger partial charge in [0.05, 0.1) is 0 Å². The zero-order valence-corrected chi connectivity index (χ0v) is 12.7. The second-order valence-corrected chi connectivity index (χ2v) is 5.30. The predicted molar refractivity (Wildman–Crippen MR) is 81.2 cm³/mol. The van der Waals surface area contributed by atoms with Crippen LogP contribution in [0.5, 0.6) is 0 Å². The molecule has 0 aliphatic heterocycles. The quantitative estimate of drug-likeness (QED) is 0.868. The molecule has 1 atom stereocenters. The van der Waals surface area contributed by atoms with Gasteiger partial charge in [-0.2, -0.15) is 0 Å². The number of rotatable bonds is 5. The molecular formula is C17H23FN2. The molecule has 0 bridgehead atoms. The van der Waals surface area contributed by atoms with Crippen LogP contribution in [-0.2, 0) is 13.1 Å². The third-order valence-electron chi connectivity index (χ3n) is 3.94. The fourth-order valence-electron chi connectivity index (χ4n) is 2.69. The van der Waals surface area contributed by atoms with Gasteiger partial charge < -0.3 is 9.88 Å². The third kappa shape index (κ3) is 3.10. The topological polar surface area (TPSA) is 17.0 Å². The van der Waals surface area contributed by atoms with E-state index in [-0.39, 0.29) is 11.9 Å². The van der Waals surface area contributed by atoms with Gasteiger partial charge in [-0.3, -0.25) is 0 Å². The number of nitrogens with one attached hydrogen (secondary N) is 1. The number of halogens is 1. The zero-order chi connectivity index (χ0) is 14.7. The molecule has 1 heterocycles. The molecule has 20 heavy (non-hydrogen) atoms. The van der Waals surface area contributed by atoms with Crippen LogP contribution in [0.4, 0.5) is 4.39 Å². The largest absolute Gasteiger partial charge is 0.349 e. The maximum absolute atomic E-state index is 13.2. The molecule has 108 valence electrons. The first-order valence-electron chi connectivity index (χ1n) is 7.17. The number of hydrogen-bond donors (Lipinski definition) is 1. The van der Waals surface area contributed by atoms with Crippen molar-refractivity contribution in [1.82, 2.24) is 9.88 Å². The van der Waals surface area contributed by atoms with Crippen molar-refractivity contribution in [1.29, 1.82) is 0 Å². The van der Waals surface area contributed by atoms with Crippen molar-refractivity contribution in [2.24, 2.45) is 0 Å². The van der Waals surface area contributed by atoms with E-state index in [0.717, 1.165) is 18.7 Å². The van der Waals surface area contributed by atoms with Crippen LogP contribution in [0, 0.1) is 19.7 Å². The summed E-state index contributed by atoms with van der Waals surface area (Å²) in [5.41, 5.74) is 4.89. The maximum Gasteiger partial charge on any atom is 0.123 e. The first-order valence-corrected chi connectivity index (χ1v) is 7.17. The number of aryl methyl sites for hydroxylation is 1. The van der Waals surface area contributed by atoms with Crippen LogP contribution in [0.2, 0.25) is 0 Å². The Morgan fingerprint density at radius 1 is 1.25 bits per heavy atom. The lowest BCUT2D eigenvalue weighted by atomic mass is 10.1. The molecule has 2 aromatic rings. The first kappa shape index (κ1) is 14.8. The molecule has 3 heteroatoms. The second-order valence-electron chi connectivity index (χ2n) is 5.30. The molecule has 2 rings (SSSR count). The highest BCUT2D eigenvalue weighted by Crippen LogP contribution is 2.18. The van der Waals surface area contributed by atoms with Crippen molar-refractivity contribution >= 4 is 0 Å². The van der Waals surface area contributed by atoms with E-state index in [0.29, 0.717) is 0 Å². The normalized spacial score (nSPS) is 12.7. The number of benzene rings is 1. The van der Waals surface area contributed by atoms with E-state index < -0.39 is 0 Å². The van der Waals surface area contributed by atoms with E-state index in [1.807, 2.05) is 6.07 Å². The van der Waals surface area contributed by atoms with Crippen molar-refractivity contribution in [3.63, 3.8) is 0 Å². The Labute approximate surface area is 120 Å². The summed E-state index contributed by atoms with van der Waals surface area (Å²) in [5, 5.41) is 3.47. The molecule has 1 aromatic heterocycles. The molecule has 0 radical (unpaired) electrons. The van der Waals surface area contributed by atoms with Gasteiger partial charge in [-0.05, 0) is 57.0 Å². The van der Waals surface area contributed by atoms with Crippen molar-refractivity contribution in [3.05, 3.63) is 58.7 Å². The van der Waals surface area contributed by atoms with Gasteiger partial charge in [-0.25, -0.2) is 4.39 Å². The summed E-state index contributed by atoms with van der Waals surface area (Å²) in [6, 6.07) is 9.14. The molecule has 1 N–H and O–H groups in total. The Morgan fingerprint density at radius 2 is 2.00 bits per heavy atom. The van der Waals surface area contributed by atoms with Crippen LogP contribution in [0.1, 0.15) is 42.4 Å². The van der Waals surface area contributed by atoms with Gasteiger partial charge in [0.1, 0.15) is 5.82 Å². The Morgan fingerprint density at radius 3 is 2.60 bits per heavy atom. The minimum atomic E-state index is -0.180. The molecule has 1 aromatic carbocycles. The van der Waals surface area contributed by atoms with E-state index in [1.54, 1.807) is 12.1 Å². The summed E-state index contributed by atoms with van der Waals surface area (Å²) in [4.78, 5) is 0. The Balaban J connectivity index is 2.05. The van der Waals surface area contributed by atoms with Gasteiger partial charge in [0, 0.05) is 30.5 Å². The average molecular weight is 274 g/mol. The summed E-state index contributed by atoms with van der Waals surface area (Å²) in [7, 11) is 0. The lowest BCUT2D eigenvalue weighted by Crippen LogP contribution is -2.18. The van der Waals surface area contributed by atoms with Gasteiger partial charge in [-0.15, -0.1) is 0 Å². The summed E-state index contributed by atoms with van der Waals surface area (Å²) in [5.74, 6) is -0.180. The molecule has 0 fully saturated rings. The van der Waals surface area contributed by atoms with Crippen LogP contribution >= 0.6 is 0 Å². The van der Waals surface area contributed by atoms with E-state index >= 15 is 0 Å². The Kier molecular flexibility index (Phi) is 4.61. The van der Waals surface area contributed by atoms with E-state index in [2.05, 4.69) is 43.6 Å². The highest BCUT2D eigenvalue weighted by atomic mass is 19.1. The summed E-state index contributed by atoms with van der Waals surface area (Å²) in [6.45, 7) is 10.3. The Bertz CT molecular complexity index is 587. The van der Waals surface area contributed by atoms with Gasteiger partial charge in [0.2, 0.25) is 0 Å². The summed E-state index contributed by atoms with van der Waals surface area (Å²) < 4.78 is 15.5. The number of aromatic nitrogens is 1. The van der Waals surface area contributed by atoms with Crippen LogP contribution in [-0.4, -0.2) is 4.57 Å². The average Bonchev–Trinajstić information content (AvgIpc) is 2.70. The highest BCUT2D eigenvalue weighted by molar-refractivity contribution is 5.27. The standard InChI is InChI=1S/C17H23FN2/c1-5-20-12(2)9-16(14(20)4)11-19-13(3)15-7-6-8-17(18)10-15/h6-10,13,19H,5,11H2,1-4H3/t13-/m1/s1. The van der Waals surface area contributed by atoms with Gasteiger partial charge >= 0.3 is 0 Å². The van der Waals surface area contributed by atoms with E-state index in [1.165, 1.54) is 23.0 Å². The van der Waals surface area contributed by atoms with Gasteiger partial charge in [-0.1, -0.05) is 12.1 Å². The molecular weight excluding hydrogens is 251 g/mol. The number of hydrogen-bond acceptors (Lipinski definition) is 1. The molecule has 0 saturated carbocycles. The van der Waals surface area contributed by atoms with E-state index in [4.69, 9.17) is 0 Å². The fourth-order valence-corrected chi connectivity index (χ4v) is 2.69. The highest BCUT2D eigenvalue weighted by Gasteiger charge is 2.10. The first-order chi connectivity index (χ1) is 9.52. The van der Waals surface area contributed by atoms with Crippen molar-refractivity contribution in [2.45, 2.75) is 46.8 Å². The summed E-state index contributed by atoms with van der Waals surface area (Å²) in [6.07, 6.45) is 0. The van der Waals surface area contributed by atoms with Crippen LogP contribution in [0.3, 0.4) is 0 Å². The molecule has 2 nitrogen and oxygen atoms in total. The van der Waals surface area contributed by atoms with Crippen molar-refractivity contribution < 1.29 is 4.39 Å². The molecule has 0 aliphatic carbocycles. The fraction of sp³-hybridized carbons (Fsp3) is 0.412. The smallest absolute Gasteiger partial charge is 0.123 e. The summed E-state index contributed by atoms with van der Waals surface area (Å²) >= 11 is 0. The lowest BCUT2D eigenvalue weighted by molar-refractivity contribution is 0.562. The maximum atomic E-state index is 13.2. The minimum absolute atomic E-state index is 0.135. The SMILES string of the molecule is CCn1c(C)cc(CN[C@H](C)c2cccc(F)c2)c1C. The third-order valence-corrected chi connectivity index (χ3v) is 3.94. The molecule has 0 aliphatic rings. The minimum Gasteiger partial charge on any atom is -0.349 e. The number of nitrogens with zero attached hydrogens (tertiary/aromatic N) is 1. The molecule has 0 spiro atoms. The molecule has 0 amide bonds. The lowest BCUT2D eigenvalue weighted by Gasteiger charge is -2.14. The zero-order valence-electron chi connectivity index (χ0n) is 12.7. The molecule has 0 saturated heterocycles. The monoisotopic (exact) mass is 274 g/mol. The van der Waals surface area contributed by atoms with Crippen LogP contribution < -0.4 is 5.32 Å². The second kappa shape index (κ2) is 6.23. The predicted octanol–water partition coefficient (Wildman–Crippen LogP) is 4.11. The van der Waals surface area contributed by atoms with E-state index in [9.17, 15) is 4.39 Å². The van der Waals surface area contributed by atoms with Crippen LogP contribution in [0.15, 0.2) is 30.3 Å². The van der Waals surface area contributed by atoms with Gasteiger partial charge in [0.15, 0.2) is 0 Å². The van der Waals surface area contributed by atoms with Gasteiger partial charge in [0.25, 0.3) is 0 Å². The molecule has 0 unspecified atom stereocenters. The van der Waals surface area contributed by atoms with Crippen molar-refractivity contribution in [3.8, 4) is 0 Å². The van der Waals surface area contributed by atoms with Crippen LogP contribution in [0.25, 0.3) is 0 Å².